The molecule has 2 amide bonds. The van der Waals surface area contributed by atoms with Crippen molar-refractivity contribution in [3.05, 3.63) is 17.8 Å². The fourth-order valence-corrected chi connectivity index (χ4v) is 6.69. The number of amides is 2. The predicted octanol–water partition coefficient (Wildman–Crippen LogP) is 4.66. The number of rotatable bonds is 9. The zero-order valence-corrected chi connectivity index (χ0v) is 23.8. The Balaban J connectivity index is 1.50. The lowest BCUT2D eigenvalue weighted by Crippen LogP contribution is -2.49. The zero-order chi connectivity index (χ0) is 26.6. The molecule has 1 aliphatic carbocycles. The summed E-state index contributed by atoms with van der Waals surface area (Å²) in [5.74, 6) is 0.704. The second-order valence-corrected chi connectivity index (χ2v) is 18.1. The van der Waals surface area contributed by atoms with Gasteiger partial charge in [0.1, 0.15) is 18.6 Å². The van der Waals surface area contributed by atoms with E-state index < -0.39 is 20.2 Å². The topological polar surface area (TPSA) is 113 Å². The fourth-order valence-electron chi connectivity index (χ4n) is 5.93. The highest BCUT2D eigenvalue weighted by Crippen LogP contribution is 2.47. The Labute approximate surface area is 221 Å². The first-order chi connectivity index (χ1) is 17.6. The van der Waals surface area contributed by atoms with Crippen molar-refractivity contribution in [1.82, 2.24) is 10.3 Å². The quantitative estimate of drug-likeness (QED) is 0.313. The second-order valence-electron chi connectivity index (χ2n) is 12.5. The summed E-state index contributed by atoms with van der Waals surface area (Å²) >= 11 is 0. The van der Waals surface area contributed by atoms with E-state index in [0.717, 1.165) is 76.6 Å². The largest absolute Gasteiger partial charge is 0.465 e. The van der Waals surface area contributed by atoms with Crippen molar-refractivity contribution in [2.45, 2.75) is 82.6 Å². The number of hydrogen-bond acceptors (Lipinski definition) is 6. The zero-order valence-electron chi connectivity index (χ0n) is 22.8. The van der Waals surface area contributed by atoms with Gasteiger partial charge in [-0.05, 0) is 43.6 Å². The Kier molecular flexibility index (Phi) is 8.80. The number of nitrogens with zero attached hydrogens (tertiary/aromatic N) is 2. The summed E-state index contributed by atoms with van der Waals surface area (Å²) in [5.41, 5.74) is 2.20. The Morgan fingerprint density at radius 1 is 1.24 bits per heavy atom. The molecule has 1 aromatic rings. The Bertz CT molecular complexity index is 955. The Hall–Kier alpha value is -2.17. The molecule has 1 aromatic heterocycles. The third kappa shape index (κ3) is 7.03. The minimum absolute atomic E-state index is 0.0106. The average molecular weight is 533 g/mol. The molecular weight excluding hydrogens is 488 g/mol. The summed E-state index contributed by atoms with van der Waals surface area (Å²) in [7, 11) is -1.18. The van der Waals surface area contributed by atoms with Crippen molar-refractivity contribution in [2.75, 3.05) is 43.3 Å². The van der Waals surface area contributed by atoms with E-state index in [2.05, 4.69) is 47.1 Å². The lowest BCUT2D eigenvalue weighted by molar-refractivity contribution is -0.119. The standard InChI is InChI=1S/C27H44N4O5Si/c1-19-5-7-20(8-6-19)24(30-26(33)34)25(32)29-23-15-22-21(16-28-23)27(9-11-35-12-10-27)17-31(22)18-36-13-14-37(2,3)4/h15-16,19-20,24,30H,5-14,17-18H2,1-4H3,(H,33,34)(H,28,29,32)/t19-,20-,24?. The molecule has 1 saturated heterocycles. The van der Waals surface area contributed by atoms with E-state index in [9.17, 15) is 14.7 Å². The molecule has 3 heterocycles. The van der Waals surface area contributed by atoms with Gasteiger partial charge in [0.05, 0.1) is 0 Å². The summed E-state index contributed by atoms with van der Waals surface area (Å²) in [4.78, 5) is 31.6. The third-order valence-corrected chi connectivity index (χ3v) is 10.0. The number of carbonyl (C=O) groups excluding carboxylic acids is 1. The van der Waals surface area contributed by atoms with E-state index >= 15 is 0 Å². The van der Waals surface area contributed by atoms with Gasteiger partial charge < -0.3 is 30.1 Å². The minimum atomic E-state index is -1.18. The number of carbonyl (C=O) groups is 2. The summed E-state index contributed by atoms with van der Waals surface area (Å²) < 4.78 is 11.8. The maximum atomic E-state index is 13.3. The SMILES string of the molecule is C[Si](C)(C)CCOCN1CC2(CCOCC2)c2cnc(NC(=O)C(NC(=O)O)[C@H]3CC[C@H](C)CC3)cc21. The molecule has 2 aliphatic heterocycles. The van der Waals surface area contributed by atoms with Crippen LogP contribution < -0.4 is 15.5 Å². The summed E-state index contributed by atoms with van der Waals surface area (Å²) in [6.07, 6.45) is 6.27. The predicted molar refractivity (Wildman–Crippen MR) is 147 cm³/mol. The normalized spacial score (nSPS) is 23.9. The maximum absolute atomic E-state index is 13.3. The van der Waals surface area contributed by atoms with Gasteiger partial charge in [-0.25, -0.2) is 9.78 Å². The summed E-state index contributed by atoms with van der Waals surface area (Å²) in [5, 5.41) is 14.8. The highest BCUT2D eigenvalue weighted by Gasteiger charge is 2.44. The van der Waals surface area contributed by atoms with E-state index in [1.54, 1.807) is 0 Å². The van der Waals surface area contributed by atoms with E-state index in [1.165, 1.54) is 5.56 Å². The number of anilines is 2. The van der Waals surface area contributed by atoms with Gasteiger partial charge in [-0.2, -0.15) is 0 Å². The van der Waals surface area contributed by atoms with E-state index in [1.807, 2.05) is 12.3 Å². The van der Waals surface area contributed by atoms with Crippen molar-refractivity contribution in [1.29, 1.82) is 0 Å². The molecule has 1 saturated carbocycles. The number of ether oxygens (including phenoxy) is 2. The lowest BCUT2D eigenvalue weighted by atomic mass is 9.76. The molecule has 0 radical (unpaired) electrons. The highest BCUT2D eigenvalue weighted by atomic mass is 28.3. The molecule has 206 valence electrons. The smallest absolute Gasteiger partial charge is 0.405 e. The van der Waals surface area contributed by atoms with Crippen LogP contribution in [0.3, 0.4) is 0 Å². The van der Waals surface area contributed by atoms with Crippen LogP contribution in [-0.4, -0.2) is 69.3 Å². The van der Waals surface area contributed by atoms with E-state index in [0.29, 0.717) is 18.5 Å². The molecule has 0 aromatic carbocycles. The molecule has 1 spiro atoms. The first kappa shape index (κ1) is 27.9. The van der Waals surface area contributed by atoms with Gasteiger partial charge in [0.25, 0.3) is 0 Å². The molecule has 9 nitrogen and oxygen atoms in total. The highest BCUT2D eigenvalue weighted by molar-refractivity contribution is 6.76. The van der Waals surface area contributed by atoms with Gasteiger partial charge in [-0.15, -0.1) is 0 Å². The summed E-state index contributed by atoms with van der Waals surface area (Å²) in [6.45, 7) is 12.8. The van der Waals surface area contributed by atoms with Gasteiger partial charge in [0.2, 0.25) is 5.91 Å². The molecule has 37 heavy (non-hydrogen) atoms. The van der Waals surface area contributed by atoms with Crippen LogP contribution in [0.4, 0.5) is 16.3 Å². The number of carboxylic acid groups (broad SMARTS) is 1. The molecule has 3 aliphatic rings. The minimum Gasteiger partial charge on any atom is -0.465 e. The number of nitrogens with one attached hydrogen (secondary N) is 2. The van der Waals surface area contributed by atoms with Gasteiger partial charge in [-0.1, -0.05) is 39.4 Å². The van der Waals surface area contributed by atoms with Crippen LogP contribution in [0, 0.1) is 11.8 Å². The number of pyridine rings is 1. The molecular formula is C27H44N4O5Si. The van der Waals surface area contributed by atoms with Crippen LogP contribution in [0.5, 0.6) is 0 Å². The van der Waals surface area contributed by atoms with Crippen molar-refractivity contribution in [2.24, 2.45) is 11.8 Å². The number of fused-ring (bicyclic) bond motifs is 2. The monoisotopic (exact) mass is 532 g/mol. The van der Waals surface area contributed by atoms with Crippen molar-refractivity contribution in [3.8, 4) is 0 Å². The van der Waals surface area contributed by atoms with Gasteiger partial charge >= 0.3 is 6.09 Å². The average Bonchev–Trinajstić information content (AvgIpc) is 3.12. The number of aromatic nitrogens is 1. The van der Waals surface area contributed by atoms with Crippen LogP contribution in [0.15, 0.2) is 12.3 Å². The molecule has 3 N–H and O–H groups in total. The van der Waals surface area contributed by atoms with Gasteiger partial charge in [0.15, 0.2) is 0 Å². The van der Waals surface area contributed by atoms with Crippen molar-refractivity contribution >= 4 is 31.6 Å². The van der Waals surface area contributed by atoms with E-state index in [-0.39, 0.29) is 17.2 Å². The maximum Gasteiger partial charge on any atom is 0.405 e. The van der Waals surface area contributed by atoms with Crippen LogP contribution in [0.2, 0.25) is 25.7 Å². The van der Waals surface area contributed by atoms with Crippen molar-refractivity contribution in [3.63, 3.8) is 0 Å². The second kappa shape index (κ2) is 11.7. The lowest BCUT2D eigenvalue weighted by Gasteiger charge is -2.34. The van der Waals surface area contributed by atoms with Crippen molar-refractivity contribution < 1.29 is 24.2 Å². The van der Waals surface area contributed by atoms with Crippen LogP contribution in [0.25, 0.3) is 0 Å². The molecule has 2 fully saturated rings. The molecule has 4 rings (SSSR count). The third-order valence-electron chi connectivity index (χ3n) is 8.33. The van der Waals surface area contributed by atoms with Gasteiger partial charge in [0, 0.05) is 63.4 Å². The molecule has 1 atom stereocenters. The van der Waals surface area contributed by atoms with Gasteiger partial charge in [-0.3, -0.25) is 4.79 Å². The molecule has 10 heteroatoms. The first-order valence-electron chi connectivity index (χ1n) is 13.8. The Morgan fingerprint density at radius 3 is 2.59 bits per heavy atom. The van der Waals surface area contributed by atoms with Crippen LogP contribution in [0.1, 0.15) is 51.0 Å². The van der Waals surface area contributed by atoms with Crippen LogP contribution in [-0.2, 0) is 19.7 Å². The molecule has 0 bridgehead atoms. The summed E-state index contributed by atoms with van der Waals surface area (Å²) in [6, 6.07) is 2.25. The molecule has 1 unspecified atom stereocenters. The van der Waals surface area contributed by atoms with Crippen LogP contribution >= 0.6 is 0 Å². The Morgan fingerprint density at radius 2 is 1.95 bits per heavy atom. The first-order valence-corrected chi connectivity index (χ1v) is 17.5. The fraction of sp³-hybridized carbons (Fsp3) is 0.741. The number of hydrogen-bond donors (Lipinski definition) is 3. The van der Waals surface area contributed by atoms with E-state index in [4.69, 9.17) is 9.47 Å².